The average Bonchev–Trinajstić information content (AvgIpc) is 2.85. The number of rotatable bonds is 6. The lowest BCUT2D eigenvalue weighted by Gasteiger charge is -2.15. The van der Waals surface area contributed by atoms with Gasteiger partial charge in [-0.1, -0.05) is 28.1 Å². The van der Waals surface area contributed by atoms with E-state index in [0.717, 1.165) is 26.7 Å². The zero-order valence-electron chi connectivity index (χ0n) is 11.6. The van der Waals surface area contributed by atoms with Crippen LogP contribution >= 0.6 is 27.3 Å². The van der Waals surface area contributed by atoms with Crippen LogP contribution in [0.4, 0.5) is 5.13 Å². The molecule has 4 nitrogen and oxygen atoms in total. The van der Waals surface area contributed by atoms with Crippen LogP contribution in [0.15, 0.2) is 28.7 Å². The Balaban J connectivity index is 2.12. The van der Waals surface area contributed by atoms with E-state index < -0.39 is 0 Å². The molecule has 0 radical (unpaired) electrons. The maximum absolute atomic E-state index is 5.75. The van der Waals surface area contributed by atoms with Crippen molar-refractivity contribution in [2.75, 3.05) is 19.1 Å². The lowest BCUT2D eigenvalue weighted by molar-refractivity contribution is 0.181. The molecule has 2 N–H and O–H groups in total. The normalized spacial score (nSPS) is 10.8. The van der Waals surface area contributed by atoms with Crippen LogP contribution in [0.2, 0.25) is 0 Å². The summed E-state index contributed by atoms with van der Waals surface area (Å²) in [6, 6.07) is 8.31. The minimum Gasteiger partial charge on any atom is -0.378 e. The monoisotopic (exact) mass is 355 g/mol. The van der Waals surface area contributed by atoms with E-state index in [1.165, 1.54) is 5.56 Å². The number of nitrogens with two attached hydrogens (primary N) is 1. The van der Waals surface area contributed by atoms with E-state index >= 15 is 0 Å². The zero-order chi connectivity index (χ0) is 14.5. The molecule has 0 saturated heterocycles. The molecular formula is C14H18BrN3OS. The third kappa shape index (κ3) is 3.79. The molecule has 1 aromatic heterocycles. The van der Waals surface area contributed by atoms with E-state index in [1.807, 2.05) is 19.2 Å². The first-order valence-electron chi connectivity index (χ1n) is 6.27. The van der Waals surface area contributed by atoms with Crippen LogP contribution < -0.4 is 10.6 Å². The van der Waals surface area contributed by atoms with Crippen LogP contribution in [-0.4, -0.2) is 19.1 Å². The van der Waals surface area contributed by atoms with Crippen LogP contribution in [-0.2, 0) is 24.4 Å². The lowest BCUT2D eigenvalue weighted by Crippen LogP contribution is -2.16. The molecule has 0 saturated carbocycles. The van der Waals surface area contributed by atoms with Gasteiger partial charge in [0.1, 0.15) is 0 Å². The molecule has 0 spiro atoms. The second-order valence-corrected chi connectivity index (χ2v) is 6.46. The van der Waals surface area contributed by atoms with Gasteiger partial charge < -0.3 is 15.4 Å². The molecule has 0 aliphatic carbocycles. The summed E-state index contributed by atoms with van der Waals surface area (Å²) >= 11 is 5.07. The maximum atomic E-state index is 5.75. The van der Waals surface area contributed by atoms with Crippen LogP contribution in [0.25, 0.3) is 0 Å². The first-order chi connectivity index (χ1) is 9.63. The third-order valence-corrected chi connectivity index (χ3v) is 4.66. The van der Waals surface area contributed by atoms with Crippen molar-refractivity contribution in [1.29, 1.82) is 0 Å². The summed E-state index contributed by atoms with van der Waals surface area (Å²) < 4.78 is 6.25. The number of methoxy groups -OCH3 is 1. The number of ether oxygens (including phenoxy) is 1. The first kappa shape index (κ1) is 15.4. The van der Waals surface area contributed by atoms with Crippen LogP contribution in [0.1, 0.15) is 16.1 Å². The van der Waals surface area contributed by atoms with E-state index in [0.29, 0.717) is 13.2 Å². The highest BCUT2D eigenvalue weighted by Crippen LogP contribution is 2.27. The van der Waals surface area contributed by atoms with Crippen molar-refractivity contribution in [3.63, 3.8) is 0 Å². The number of benzene rings is 1. The number of hydrogen-bond donors (Lipinski definition) is 1. The molecule has 20 heavy (non-hydrogen) atoms. The highest BCUT2D eigenvalue weighted by atomic mass is 79.9. The van der Waals surface area contributed by atoms with Crippen molar-refractivity contribution in [3.8, 4) is 0 Å². The van der Waals surface area contributed by atoms with E-state index in [2.05, 4.69) is 37.9 Å². The summed E-state index contributed by atoms with van der Waals surface area (Å²) in [7, 11) is 3.71. The number of hydrogen-bond acceptors (Lipinski definition) is 5. The molecule has 1 heterocycles. The van der Waals surface area contributed by atoms with Gasteiger partial charge in [-0.15, -0.1) is 11.3 Å². The first-order valence-corrected chi connectivity index (χ1v) is 7.88. The standard InChI is InChI=1S/C14H18BrN3OS/c1-18(8-10-3-5-11(15)6-4-10)14-17-12(9-19-2)13(7-16)20-14/h3-6H,7-9,16H2,1-2H3. The molecule has 0 aliphatic heterocycles. The van der Waals surface area contributed by atoms with Gasteiger partial charge in [0.2, 0.25) is 0 Å². The fourth-order valence-corrected chi connectivity index (χ4v) is 3.04. The van der Waals surface area contributed by atoms with E-state index in [9.17, 15) is 0 Å². The summed E-state index contributed by atoms with van der Waals surface area (Å²) in [6.07, 6.45) is 0. The average molecular weight is 356 g/mol. The minimum absolute atomic E-state index is 0.502. The Bertz CT molecular complexity index is 556. The van der Waals surface area contributed by atoms with Crippen LogP contribution in [0.5, 0.6) is 0 Å². The van der Waals surface area contributed by atoms with Gasteiger partial charge in [0.15, 0.2) is 5.13 Å². The van der Waals surface area contributed by atoms with Gasteiger partial charge in [-0.2, -0.15) is 0 Å². The van der Waals surface area contributed by atoms with Crippen molar-refractivity contribution in [2.24, 2.45) is 5.73 Å². The zero-order valence-corrected chi connectivity index (χ0v) is 14.0. The van der Waals surface area contributed by atoms with E-state index in [1.54, 1.807) is 18.4 Å². The summed E-state index contributed by atoms with van der Waals surface area (Å²) in [5.41, 5.74) is 7.94. The molecule has 0 aliphatic rings. The predicted molar refractivity (Wildman–Crippen MR) is 87.0 cm³/mol. The summed E-state index contributed by atoms with van der Waals surface area (Å²) in [5, 5.41) is 0.973. The molecule has 0 fully saturated rings. The van der Waals surface area contributed by atoms with Crippen LogP contribution in [0, 0.1) is 0 Å². The number of halogens is 1. The number of thiazole rings is 1. The molecule has 0 amide bonds. The third-order valence-electron chi connectivity index (χ3n) is 2.89. The highest BCUT2D eigenvalue weighted by Gasteiger charge is 2.13. The topological polar surface area (TPSA) is 51.4 Å². The second kappa shape index (κ2) is 7.17. The highest BCUT2D eigenvalue weighted by molar-refractivity contribution is 9.10. The Hall–Kier alpha value is -0.950. The molecule has 0 atom stereocenters. The SMILES string of the molecule is COCc1nc(N(C)Cc2ccc(Br)cc2)sc1CN. The van der Waals surface area contributed by atoms with Gasteiger partial charge in [0, 0.05) is 36.6 Å². The number of aromatic nitrogens is 1. The summed E-state index contributed by atoms with van der Waals surface area (Å²) in [5.74, 6) is 0. The van der Waals surface area contributed by atoms with Crippen molar-refractivity contribution >= 4 is 32.4 Å². The molecule has 2 rings (SSSR count). The summed E-state index contributed by atoms with van der Waals surface area (Å²) in [4.78, 5) is 7.83. The van der Waals surface area contributed by atoms with Gasteiger partial charge in [-0.05, 0) is 17.7 Å². The maximum Gasteiger partial charge on any atom is 0.185 e. The van der Waals surface area contributed by atoms with Gasteiger partial charge in [-0.25, -0.2) is 4.98 Å². The largest absolute Gasteiger partial charge is 0.378 e. The second-order valence-electron chi connectivity index (χ2n) is 4.49. The predicted octanol–water partition coefficient (Wildman–Crippen LogP) is 3.15. The molecule has 2 aromatic rings. The fraction of sp³-hybridized carbons (Fsp3) is 0.357. The Morgan fingerprint density at radius 3 is 2.65 bits per heavy atom. The Morgan fingerprint density at radius 1 is 1.35 bits per heavy atom. The van der Waals surface area contributed by atoms with Gasteiger partial charge >= 0.3 is 0 Å². The minimum atomic E-state index is 0.502. The molecular weight excluding hydrogens is 338 g/mol. The number of anilines is 1. The van der Waals surface area contributed by atoms with Gasteiger partial charge in [0.05, 0.1) is 12.3 Å². The van der Waals surface area contributed by atoms with E-state index in [4.69, 9.17) is 10.5 Å². The molecule has 0 bridgehead atoms. The molecule has 6 heteroatoms. The Labute approximate surface area is 131 Å². The van der Waals surface area contributed by atoms with Crippen molar-refractivity contribution < 1.29 is 4.74 Å². The fourth-order valence-electron chi connectivity index (χ4n) is 1.87. The summed E-state index contributed by atoms with van der Waals surface area (Å²) in [6.45, 7) is 1.83. The van der Waals surface area contributed by atoms with Crippen LogP contribution in [0.3, 0.4) is 0 Å². The Kier molecular flexibility index (Phi) is 5.54. The number of nitrogens with zero attached hydrogens (tertiary/aromatic N) is 2. The van der Waals surface area contributed by atoms with Crippen molar-refractivity contribution in [1.82, 2.24) is 4.98 Å². The molecule has 108 valence electrons. The molecule has 1 aromatic carbocycles. The lowest BCUT2D eigenvalue weighted by atomic mass is 10.2. The van der Waals surface area contributed by atoms with Gasteiger partial charge in [0.25, 0.3) is 0 Å². The van der Waals surface area contributed by atoms with Crippen molar-refractivity contribution in [3.05, 3.63) is 44.9 Å². The van der Waals surface area contributed by atoms with Gasteiger partial charge in [-0.3, -0.25) is 0 Å². The molecule has 0 unspecified atom stereocenters. The Morgan fingerprint density at radius 2 is 2.05 bits per heavy atom. The van der Waals surface area contributed by atoms with Crippen molar-refractivity contribution in [2.45, 2.75) is 19.7 Å². The van der Waals surface area contributed by atoms with E-state index in [-0.39, 0.29) is 0 Å². The quantitative estimate of drug-likeness (QED) is 0.864. The smallest absolute Gasteiger partial charge is 0.185 e.